The molecule has 0 atom stereocenters. The summed E-state index contributed by atoms with van der Waals surface area (Å²) < 4.78 is 10.3. The SMILES string of the molecule is COc1ccc(C(=O)Nc2c(N)nc(SCC(=O)Nc3ccc([N+](=O)[O-])cc3)[nH]c2=O)cc1OC. The summed E-state index contributed by atoms with van der Waals surface area (Å²) in [6, 6.07) is 9.79. The minimum absolute atomic E-state index is 0.0652. The number of amides is 2. The summed E-state index contributed by atoms with van der Waals surface area (Å²) in [7, 11) is 2.89. The Morgan fingerprint density at radius 1 is 1.11 bits per heavy atom. The number of non-ortho nitro benzene ring substituents is 1. The number of ether oxygens (including phenoxy) is 2. The zero-order valence-corrected chi connectivity index (χ0v) is 19.3. The summed E-state index contributed by atoms with van der Waals surface area (Å²) >= 11 is 0.907. The second-order valence-electron chi connectivity index (χ2n) is 6.80. The fourth-order valence-electron chi connectivity index (χ4n) is 2.82. The molecule has 0 fully saturated rings. The molecular formula is C21H20N6O7S. The minimum atomic E-state index is -0.704. The van der Waals surface area contributed by atoms with E-state index < -0.39 is 22.3 Å². The van der Waals surface area contributed by atoms with E-state index in [0.29, 0.717) is 17.2 Å². The highest BCUT2D eigenvalue weighted by Gasteiger charge is 2.16. The Labute approximate surface area is 202 Å². The van der Waals surface area contributed by atoms with Gasteiger partial charge in [-0.25, -0.2) is 4.98 Å². The number of nitro benzene ring substituents is 1. The zero-order chi connectivity index (χ0) is 25.5. The van der Waals surface area contributed by atoms with Gasteiger partial charge in [0.25, 0.3) is 17.2 Å². The van der Waals surface area contributed by atoms with Crippen LogP contribution in [0.2, 0.25) is 0 Å². The number of nitrogen functional groups attached to an aromatic ring is 1. The summed E-state index contributed by atoms with van der Waals surface area (Å²) in [4.78, 5) is 53.8. The van der Waals surface area contributed by atoms with Crippen LogP contribution in [-0.4, -0.2) is 46.7 Å². The summed E-state index contributed by atoms with van der Waals surface area (Å²) in [5, 5.41) is 15.7. The van der Waals surface area contributed by atoms with Crippen molar-refractivity contribution in [2.45, 2.75) is 5.16 Å². The first-order valence-electron chi connectivity index (χ1n) is 9.82. The van der Waals surface area contributed by atoms with Gasteiger partial charge in [-0.2, -0.15) is 0 Å². The number of nitro groups is 1. The maximum Gasteiger partial charge on any atom is 0.277 e. The molecule has 0 spiro atoms. The minimum Gasteiger partial charge on any atom is -0.493 e. The normalized spacial score (nSPS) is 10.3. The highest BCUT2D eigenvalue weighted by molar-refractivity contribution is 7.99. The number of nitrogens with two attached hydrogens (primary N) is 1. The van der Waals surface area contributed by atoms with E-state index in [4.69, 9.17) is 15.2 Å². The largest absolute Gasteiger partial charge is 0.493 e. The molecule has 0 aliphatic heterocycles. The number of thioether (sulfide) groups is 1. The molecule has 13 nitrogen and oxygen atoms in total. The fraction of sp³-hybridized carbons (Fsp3) is 0.143. The Morgan fingerprint density at radius 3 is 2.40 bits per heavy atom. The van der Waals surface area contributed by atoms with Gasteiger partial charge in [0.2, 0.25) is 5.91 Å². The first-order valence-corrected chi connectivity index (χ1v) is 10.8. The zero-order valence-electron chi connectivity index (χ0n) is 18.5. The number of rotatable bonds is 9. The van der Waals surface area contributed by atoms with Gasteiger partial charge in [-0.15, -0.1) is 0 Å². The van der Waals surface area contributed by atoms with Crippen LogP contribution in [0.1, 0.15) is 10.4 Å². The van der Waals surface area contributed by atoms with Crippen molar-refractivity contribution in [2.24, 2.45) is 0 Å². The Hall–Kier alpha value is -4.59. The predicted octanol–water partition coefficient (Wildman–Crippen LogP) is 2.26. The second kappa shape index (κ2) is 11.0. The standard InChI is InChI=1S/C21H20N6O7S/c1-33-14-8-3-11(9-15(14)34-2)19(29)24-17-18(22)25-21(26-20(17)30)35-10-16(28)23-12-4-6-13(7-5-12)27(31)32/h3-9H,10H2,1-2H3,(H,23,28)(H,24,29)(H3,22,25,26,30). The van der Waals surface area contributed by atoms with Gasteiger partial charge >= 0.3 is 0 Å². The number of anilines is 3. The number of hydrogen-bond acceptors (Lipinski definition) is 10. The van der Waals surface area contributed by atoms with E-state index in [1.807, 2.05) is 0 Å². The molecule has 35 heavy (non-hydrogen) atoms. The molecular weight excluding hydrogens is 480 g/mol. The Bertz CT molecular complexity index is 1330. The van der Waals surface area contributed by atoms with E-state index in [1.165, 1.54) is 50.6 Å². The molecule has 14 heteroatoms. The highest BCUT2D eigenvalue weighted by atomic mass is 32.2. The molecule has 0 aliphatic carbocycles. The lowest BCUT2D eigenvalue weighted by Crippen LogP contribution is -2.23. The van der Waals surface area contributed by atoms with E-state index in [1.54, 1.807) is 6.07 Å². The number of H-pyrrole nitrogens is 1. The third-order valence-corrected chi connectivity index (χ3v) is 5.39. The summed E-state index contributed by atoms with van der Waals surface area (Å²) in [6.45, 7) is 0. The number of carbonyl (C=O) groups is 2. The molecule has 0 aliphatic rings. The number of hydrogen-bond donors (Lipinski definition) is 4. The van der Waals surface area contributed by atoms with Crippen molar-refractivity contribution in [1.29, 1.82) is 0 Å². The highest BCUT2D eigenvalue weighted by Crippen LogP contribution is 2.28. The van der Waals surface area contributed by atoms with Crippen LogP contribution in [-0.2, 0) is 4.79 Å². The molecule has 2 aromatic carbocycles. The second-order valence-corrected chi connectivity index (χ2v) is 7.76. The van der Waals surface area contributed by atoms with E-state index in [2.05, 4.69) is 20.6 Å². The van der Waals surface area contributed by atoms with Crippen LogP contribution in [0.15, 0.2) is 52.4 Å². The third kappa shape index (κ3) is 6.26. The van der Waals surface area contributed by atoms with E-state index in [9.17, 15) is 24.5 Å². The number of benzene rings is 2. The van der Waals surface area contributed by atoms with Crippen LogP contribution >= 0.6 is 11.8 Å². The topological polar surface area (TPSA) is 192 Å². The molecule has 2 amide bonds. The molecule has 3 rings (SSSR count). The van der Waals surface area contributed by atoms with Gasteiger partial charge in [-0.05, 0) is 30.3 Å². The average Bonchev–Trinajstić information content (AvgIpc) is 2.84. The van der Waals surface area contributed by atoms with Crippen molar-refractivity contribution >= 4 is 46.5 Å². The number of methoxy groups -OCH3 is 2. The van der Waals surface area contributed by atoms with Crippen LogP contribution in [0.4, 0.5) is 22.9 Å². The van der Waals surface area contributed by atoms with Gasteiger partial charge in [-0.3, -0.25) is 29.5 Å². The van der Waals surface area contributed by atoms with Crippen LogP contribution in [0, 0.1) is 10.1 Å². The Morgan fingerprint density at radius 2 is 1.80 bits per heavy atom. The molecule has 3 aromatic rings. The molecule has 1 aromatic heterocycles. The van der Waals surface area contributed by atoms with Gasteiger partial charge in [0.05, 0.1) is 24.9 Å². The molecule has 1 heterocycles. The molecule has 5 N–H and O–H groups in total. The van der Waals surface area contributed by atoms with Crippen molar-refractivity contribution in [1.82, 2.24) is 9.97 Å². The van der Waals surface area contributed by atoms with Crippen molar-refractivity contribution in [3.63, 3.8) is 0 Å². The van der Waals surface area contributed by atoms with Gasteiger partial charge in [0.15, 0.2) is 22.5 Å². The molecule has 0 unspecified atom stereocenters. The maximum atomic E-state index is 12.6. The van der Waals surface area contributed by atoms with E-state index in [-0.39, 0.29) is 33.7 Å². The summed E-state index contributed by atoms with van der Waals surface area (Å²) in [5.74, 6) is -0.651. The van der Waals surface area contributed by atoms with Crippen molar-refractivity contribution in [2.75, 3.05) is 36.3 Å². The molecule has 0 saturated heterocycles. The lowest BCUT2D eigenvalue weighted by atomic mass is 10.2. The monoisotopic (exact) mass is 500 g/mol. The molecule has 0 saturated carbocycles. The molecule has 182 valence electrons. The number of nitrogens with zero attached hydrogens (tertiary/aromatic N) is 2. The quantitative estimate of drug-likeness (QED) is 0.147. The fourth-order valence-corrected chi connectivity index (χ4v) is 3.49. The maximum absolute atomic E-state index is 12.6. The van der Waals surface area contributed by atoms with Gasteiger partial charge < -0.3 is 25.8 Å². The smallest absolute Gasteiger partial charge is 0.277 e. The lowest BCUT2D eigenvalue weighted by molar-refractivity contribution is -0.384. The number of carbonyl (C=O) groups excluding carboxylic acids is 2. The third-order valence-electron chi connectivity index (χ3n) is 4.51. The van der Waals surface area contributed by atoms with Gasteiger partial charge in [-0.1, -0.05) is 11.8 Å². The Balaban J connectivity index is 1.64. The van der Waals surface area contributed by atoms with Gasteiger partial charge in [0.1, 0.15) is 5.69 Å². The number of aromatic nitrogens is 2. The first-order chi connectivity index (χ1) is 16.7. The summed E-state index contributed by atoms with van der Waals surface area (Å²) in [6.07, 6.45) is 0. The number of aromatic amines is 1. The van der Waals surface area contributed by atoms with Crippen LogP contribution in [0.3, 0.4) is 0 Å². The van der Waals surface area contributed by atoms with Crippen LogP contribution in [0.5, 0.6) is 11.5 Å². The predicted molar refractivity (Wildman–Crippen MR) is 129 cm³/mol. The van der Waals surface area contributed by atoms with E-state index >= 15 is 0 Å². The molecule has 0 bridgehead atoms. The van der Waals surface area contributed by atoms with E-state index in [0.717, 1.165) is 11.8 Å². The Kier molecular flexibility index (Phi) is 7.88. The van der Waals surface area contributed by atoms with Crippen LogP contribution in [0.25, 0.3) is 0 Å². The van der Waals surface area contributed by atoms with Crippen molar-refractivity contribution in [3.8, 4) is 11.5 Å². The summed E-state index contributed by atoms with van der Waals surface area (Å²) in [5.41, 5.74) is 5.37. The lowest BCUT2D eigenvalue weighted by Gasteiger charge is -2.11. The molecule has 0 radical (unpaired) electrons. The van der Waals surface area contributed by atoms with Gasteiger partial charge in [0, 0.05) is 23.4 Å². The average molecular weight is 500 g/mol. The van der Waals surface area contributed by atoms with Crippen LogP contribution < -0.4 is 31.4 Å². The number of nitrogens with one attached hydrogen (secondary N) is 3. The van der Waals surface area contributed by atoms with Crippen molar-refractivity contribution < 1.29 is 24.0 Å². The first kappa shape index (κ1) is 25.0. The van der Waals surface area contributed by atoms with Crippen molar-refractivity contribution in [3.05, 3.63) is 68.5 Å².